The fourth-order valence-electron chi connectivity index (χ4n) is 6.27. The largest absolute Gasteiger partial charge is 0.489 e. The summed E-state index contributed by atoms with van der Waals surface area (Å²) in [6.45, 7) is 10.6. The zero-order valence-electron chi connectivity index (χ0n) is 27.7. The maximum absolute atomic E-state index is 12.4. The normalized spacial score (nSPS) is 19.6. The molecule has 0 saturated heterocycles. The maximum Gasteiger partial charge on any atom is 0.144 e. The molecule has 0 aliphatic carbocycles. The van der Waals surface area contributed by atoms with Gasteiger partial charge in [0.05, 0.1) is 48.9 Å². The summed E-state index contributed by atoms with van der Waals surface area (Å²) in [6.07, 6.45) is 5.64. The highest BCUT2D eigenvalue weighted by Crippen LogP contribution is 2.63. The molecule has 250 valence electrons. The lowest BCUT2D eigenvalue weighted by atomic mass is 9.68. The summed E-state index contributed by atoms with van der Waals surface area (Å²) in [4.78, 5) is 2.45. The van der Waals surface area contributed by atoms with Gasteiger partial charge in [0.2, 0.25) is 0 Å². The van der Waals surface area contributed by atoms with Crippen LogP contribution in [0.3, 0.4) is 0 Å². The number of nitrogens with one attached hydrogen (secondary N) is 1. The number of fused-ring (bicyclic) bond motifs is 1. The van der Waals surface area contributed by atoms with E-state index in [9.17, 15) is 14.2 Å². The summed E-state index contributed by atoms with van der Waals surface area (Å²) in [6, 6.07) is 13.8. The van der Waals surface area contributed by atoms with E-state index in [4.69, 9.17) is 14.2 Å². The Morgan fingerprint density at radius 3 is 2.11 bits per heavy atom. The molecule has 1 aliphatic heterocycles. The molecule has 0 saturated carbocycles. The molecule has 44 heavy (non-hydrogen) atoms. The highest BCUT2D eigenvalue weighted by atomic mass is 32.3. The third kappa shape index (κ3) is 9.82. The van der Waals surface area contributed by atoms with Gasteiger partial charge >= 0.3 is 0 Å². The van der Waals surface area contributed by atoms with E-state index >= 15 is 0 Å². The molecule has 0 fully saturated rings. The molecular weight excluding hydrogens is 576 g/mol. The second kappa shape index (κ2) is 18.3. The minimum Gasteiger partial charge on any atom is -0.489 e. The van der Waals surface area contributed by atoms with Gasteiger partial charge in [-0.05, 0) is 43.0 Å². The first-order valence-corrected chi connectivity index (χ1v) is 18.3. The van der Waals surface area contributed by atoms with Crippen molar-refractivity contribution in [2.45, 2.75) is 82.6 Å². The minimum atomic E-state index is -3.25. The van der Waals surface area contributed by atoms with E-state index in [2.05, 4.69) is 26.1 Å². The van der Waals surface area contributed by atoms with Gasteiger partial charge in [-0.15, -0.1) is 0 Å². The standard InChI is InChI=1S/C35H58N2O6S/c1-6-9-16-35(17-10-7-2)27-44(39,40)32-26-31(43-24-23-42-22-21-41-20-19-36-18-8-3)30(37(4)5)25-29(32)33(34(35)38)28-14-12-11-13-15-28/h11-15,25-26,33-34,36,38-40H,6-10,16-24,27H2,1-5H3/t33-,34-/m0/s1. The average Bonchev–Trinajstić information content (AvgIpc) is 3.08. The van der Waals surface area contributed by atoms with E-state index in [1.54, 1.807) is 0 Å². The summed E-state index contributed by atoms with van der Waals surface area (Å²) in [5.41, 5.74) is 1.94. The molecule has 2 atom stereocenters. The number of anilines is 1. The first kappa shape index (κ1) is 36.6. The van der Waals surface area contributed by atoms with E-state index in [1.807, 2.05) is 61.5 Å². The van der Waals surface area contributed by atoms with Crippen LogP contribution in [-0.4, -0.2) is 86.3 Å². The molecule has 1 aliphatic rings. The molecule has 0 radical (unpaired) electrons. The van der Waals surface area contributed by atoms with Gasteiger partial charge in [0.1, 0.15) is 12.4 Å². The molecule has 0 bridgehead atoms. The summed E-state index contributed by atoms with van der Waals surface area (Å²) in [7, 11) is 0.652. The Balaban J connectivity index is 1.90. The van der Waals surface area contributed by atoms with Crippen LogP contribution < -0.4 is 15.0 Å². The van der Waals surface area contributed by atoms with Crippen molar-refractivity contribution in [3.05, 3.63) is 53.6 Å². The highest BCUT2D eigenvalue weighted by Gasteiger charge is 2.49. The summed E-state index contributed by atoms with van der Waals surface area (Å²) in [5.74, 6) is 0.323. The third-order valence-electron chi connectivity index (χ3n) is 8.61. The number of nitrogens with zero attached hydrogens (tertiary/aromatic N) is 1. The summed E-state index contributed by atoms with van der Waals surface area (Å²) in [5, 5.41) is 15.7. The van der Waals surface area contributed by atoms with Gasteiger partial charge in [-0.2, -0.15) is 10.6 Å². The van der Waals surface area contributed by atoms with Crippen LogP contribution in [0.2, 0.25) is 0 Å². The van der Waals surface area contributed by atoms with E-state index in [0.29, 0.717) is 43.7 Å². The second-order valence-electron chi connectivity index (χ2n) is 12.3. The van der Waals surface area contributed by atoms with Crippen LogP contribution in [0.15, 0.2) is 47.4 Å². The van der Waals surface area contributed by atoms with Crippen molar-refractivity contribution in [3.63, 3.8) is 0 Å². The van der Waals surface area contributed by atoms with Gasteiger partial charge in [0, 0.05) is 38.0 Å². The van der Waals surface area contributed by atoms with Gasteiger partial charge < -0.3 is 29.5 Å². The van der Waals surface area contributed by atoms with Crippen LogP contribution in [-0.2, 0) is 9.47 Å². The molecule has 0 unspecified atom stereocenters. The van der Waals surface area contributed by atoms with Crippen molar-refractivity contribution in [1.82, 2.24) is 5.32 Å². The first-order chi connectivity index (χ1) is 21.2. The topological polar surface area (TPSA) is 104 Å². The first-order valence-electron chi connectivity index (χ1n) is 16.5. The summed E-state index contributed by atoms with van der Waals surface area (Å²) >= 11 is 0. The molecule has 0 spiro atoms. The van der Waals surface area contributed by atoms with Crippen molar-refractivity contribution < 1.29 is 28.4 Å². The fraction of sp³-hybridized carbons (Fsp3) is 0.657. The van der Waals surface area contributed by atoms with Crippen molar-refractivity contribution in [2.75, 3.05) is 70.9 Å². The van der Waals surface area contributed by atoms with Crippen LogP contribution in [0.1, 0.15) is 82.8 Å². The Hall–Kier alpha value is -1.85. The number of unbranched alkanes of at least 4 members (excludes halogenated alkanes) is 2. The Morgan fingerprint density at radius 2 is 1.50 bits per heavy atom. The van der Waals surface area contributed by atoms with Gasteiger partial charge in [0.25, 0.3) is 0 Å². The highest BCUT2D eigenvalue weighted by molar-refractivity contribution is 8.24. The lowest BCUT2D eigenvalue weighted by Crippen LogP contribution is -2.42. The van der Waals surface area contributed by atoms with E-state index in [0.717, 1.165) is 74.8 Å². The van der Waals surface area contributed by atoms with Crippen molar-refractivity contribution >= 4 is 16.3 Å². The van der Waals surface area contributed by atoms with Crippen LogP contribution in [0.25, 0.3) is 0 Å². The van der Waals surface area contributed by atoms with Crippen LogP contribution in [0, 0.1) is 5.41 Å². The van der Waals surface area contributed by atoms with Gasteiger partial charge in [-0.3, -0.25) is 9.11 Å². The van der Waals surface area contributed by atoms with Gasteiger partial charge in [0.15, 0.2) is 0 Å². The number of hydrogen-bond donors (Lipinski definition) is 4. The molecule has 0 amide bonds. The number of aliphatic hydroxyl groups excluding tert-OH is 1. The Labute approximate surface area is 267 Å². The van der Waals surface area contributed by atoms with E-state index in [-0.39, 0.29) is 5.75 Å². The Bertz CT molecular complexity index is 1090. The molecule has 2 aromatic rings. The molecular formula is C35H58N2O6S. The fourth-order valence-corrected chi connectivity index (χ4v) is 8.54. The number of benzene rings is 2. The van der Waals surface area contributed by atoms with Crippen molar-refractivity contribution in [1.29, 1.82) is 0 Å². The predicted octanol–water partition coefficient (Wildman–Crippen LogP) is 7.15. The van der Waals surface area contributed by atoms with Crippen molar-refractivity contribution in [2.24, 2.45) is 5.41 Å². The SMILES string of the molecule is CCCCC1(CCCC)CS(O)(O)c2cc(OCCOCCOCCNCCC)c(N(C)C)cc2[C@H](c2ccccc2)[C@@H]1O. The van der Waals surface area contributed by atoms with Gasteiger partial charge in [-0.25, -0.2) is 0 Å². The molecule has 3 rings (SSSR count). The van der Waals surface area contributed by atoms with E-state index < -0.39 is 28.0 Å². The summed E-state index contributed by atoms with van der Waals surface area (Å²) < 4.78 is 41.5. The van der Waals surface area contributed by atoms with Gasteiger partial charge in [-0.1, -0.05) is 76.8 Å². The molecule has 2 aromatic carbocycles. The Kier molecular flexibility index (Phi) is 15.3. The number of ether oxygens (including phenoxy) is 3. The molecule has 1 heterocycles. The zero-order chi connectivity index (χ0) is 32.0. The zero-order valence-corrected chi connectivity index (χ0v) is 28.5. The lowest BCUT2D eigenvalue weighted by Gasteiger charge is -2.44. The average molecular weight is 635 g/mol. The third-order valence-corrected chi connectivity index (χ3v) is 10.7. The molecule has 4 N–H and O–H groups in total. The maximum atomic E-state index is 12.4. The number of rotatable bonds is 20. The van der Waals surface area contributed by atoms with E-state index in [1.165, 1.54) is 0 Å². The quantitative estimate of drug-likeness (QED) is 0.114. The number of hydrogen-bond acceptors (Lipinski definition) is 8. The monoisotopic (exact) mass is 634 g/mol. The van der Waals surface area contributed by atoms with Crippen molar-refractivity contribution in [3.8, 4) is 5.75 Å². The Morgan fingerprint density at radius 1 is 0.864 bits per heavy atom. The second-order valence-corrected chi connectivity index (χ2v) is 14.4. The lowest BCUT2D eigenvalue weighted by molar-refractivity contribution is 0.0119. The smallest absolute Gasteiger partial charge is 0.144 e. The minimum absolute atomic E-state index is 0.148. The predicted molar refractivity (Wildman–Crippen MR) is 183 cm³/mol. The number of aliphatic hydroxyl groups is 1. The van der Waals surface area contributed by atoms with Crippen LogP contribution >= 0.6 is 10.6 Å². The van der Waals surface area contributed by atoms with Crippen LogP contribution in [0.5, 0.6) is 5.75 Å². The molecule has 9 heteroatoms. The van der Waals surface area contributed by atoms with Crippen LogP contribution in [0.4, 0.5) is 5.69 Å². The molecule has 8 nitrogen and oxygen atoms in total. The molecule has 0 aromatic heterocycles.